The van der Waals surface area contributed by atoms with Gasteiger partial charge in [0, 0.05) is 6.42 Å². The molecule has 1 unspecified atom stereocenters. The fourth-order valence-corrected chi connectivity index (χ4v) is 14.7. The van der Waals surface area contributed by atoms with Crippen LogP contribution in [0.25, 0.3) is 0 Å². The molecule has 4 saturated carbocycles. The van der Waals surface area contributed by atoms with Crippen LogP contribution in [0, 0.1) is 50.2 Å². The van der Waals surface area contributed by atoms with Gasteiger partial charge in [-0.15, -0.1) is 0 Å². The van der Waals surface area contributed by atoms with Gasteiger partial charge in [0.1, 0.15) is 42.0 Å². The summed E-state index contributed by atoms with van der Waals surface area (Å²) < 4.78 is 35.3. The van der Waals surface area contributed by atoms with Gasteiger partial charge in [-0.1, -0.05) is 66.2 Å². The maximum Gasteiger partial charge on any atom is 0.317 e. The predicted octanol–water partition coefficient (Wildman–Crippen LogP) is 3.82. The number of hydrogen-bond acceptors (Lipinski definition) is 16. The topological polar surface area (TPSA) is 251 Å². The Balaban J connectivity index is 1.11. The highest BCUT2D eigenvalue weighted by Crippen LogP contribution is 2.76. The summed E-state index contributed by atoms with van der Waals surface area (Å²) in [5.74, 6) is -1.22. The Morgan fingerprint density at radius 2 is 1.54 bits per heavy atom. The molecule has 0 spiro atoms. The van der Waals surface area contributed by atoms with E-state index in [1.54, 1.807) is 12.1 Å². The first-order valence-electron chi connectivity index (χ1n) is 24.5. The lowest BCUT2D eigenvalue weighted by molar-refractivity contribution is -0.347. The molecular weight excluding hydrogens is 869 g/mol. The van der Waals surface area contributed by atoms with Crippen molar-refractivity contribution in [3.05, 3.63) is 35.4 Å². The van der Waals surface area contributed by atoms with Crippen LogP contribution < -0.4 is 4.74 Å². The van der Waals surface area contributed by atoms with Crippen LogP contribution >= 0.6 is 0 Å². The van der Waals surface area contributed by atoms with E-state index in [0.29, 0.717) is 37.2 Å². The summed E-state index contributed by atoms with van der Waals surface area (Å²) in [6.07, 6.45) is -8.01. The molecule has 1 aromatic carbocycles. The Morgan fingerprint density at radius 3 is 2.24 bits per heavy atom. The molecule has 0 radical (unpaired) electrons. The van der Waals surface area contributed by atoms with Crippen molar-refractivity contribution in [2.45, 2.75) is 187 Å². The minimum Gasteiger partial charge on any atom is -0.504 e. The molecule has 2 heterocycles. The number of aromatic hydroxyl groups is 1. The molecule has 0 bridgehead atoms. The van der Waals surface area contributed by atoms with Crippen LogP contribution in [-0.4, -0.2) is 141 Å². The van der Waals surface area contributed by atoms with Gasteiger partial charge in [-0.05, 0) is 127 Å². The molecule has 8 rings (SSSR count). The van der Waals surface area contributed by atoms with Gasteiger partial charge >= 0.3 is 11.9 Å². The van der Waals surface area contributed by atoms with E-state index in [2.05, 4.69) is 54.5 Å². The number of fused-ring (bicyclic) bond motifs is 7. The minimum atomic E-state index is -1.87. The Labute approximate surface area is 393 Å². The molecule has 1 aromatic rings. The number of benzene rings is 1. The molecule has 16 nitrogen and oxygen atoms in total. The molecule has 16 heteroatoms. The molecule has 18 atom stereocenters. The molecule has 6 fully saturated rings. The van der Waals surface area contributed by atoms with Gasteiger partial charge in [-0.3, -0.25) is 9.59 Å². The van der Waals surface area contributed by atoms with Crippen molar-refractivity contribution in [1.29, 1.82) is 0 Å². The molecule has 2 saturated heterocycles. The van der Waals surface area contributed by atoms with Gasteiger partial charge in [0.05, 0.1) is 32.5 Å². The molecule has 5 aliphatic carbocycles. The van der Waals surface area contributed by atoms with E-state index in [0.717, 1.165) is 37.7 Å². The van der Waals surface area contributed by atoms with Crippen LogP contribution in [0.15, 0.2) is 29.8 Å². The molecule has 8 N–H and O–H groups in total. The number of carbonyl (C=O) groups is 2. The van der Waals surface area contributed by atoms with Crippen molar-refractivity contribution in [3.8, 4) is 11.5 Å². The number of carbonyl (C=O) groups excluding carboxylic acids is 2. The van der Waals surface area contributed by atoms with Crippen LogP contribution in [0.2, 0.25) is 0 Å². The van der Waals surface area contributed by atoms with Crippen LogP contribution in [0.3, 0.4) is 0 Å². The standard InChI is InChI=1S/C51H76O16/c1-46(2)19-20-51(28(22-46)27-11-13-34-48(5)17-16-35(55)47(3,4)33(48)15-18-49(34,6)50(27,7)23-36(51)56)45(61)67-44-42(65-37(57)14-10-26-9-12-29(53)31(21-26)62-8)41(30(54)25-63-44)66-43-40(60)39(59)38(58)32(24-52)64-43/h9,11-12,21,28,30,32-36,38-44,52-56,58-60H,10,13-20,22-25H2,1-8H3/t28?,30-,32+,33-,34+,35-,36+,38+,39-,40+,41-,42+,43-,44-,48-,49+,50+,51+/m0/s1. The second-order valence-corrected chi connectivity index (χ2v) is 23.3. The van der Waals surface area contributed by atoms with E-state index in [1.807, 2.05) is 0 Å². The van der Waals surface area contributed by atoms with Crippen LogP contribution in [-0.2, 0) is 39.7 Å². The van der Waals surface area contributed by atoms with Crippen LogP contribution in [0.5, 0.6) is 11.5 Å². The third-order valence-electron chi connectivity index (χ3n) is 18.9. The average molecular weight is 945 g/mol. The first kappa shape index (κ1) is 50.5. The largest absolute Gasteiger partial charge is 0.504 e. The number of aryl methyl sites for hydroxylation is 1. The Morgan fingerprint density at radius 1 is 0.806 bits per heavy atom. The highest BCUT2D eigenvalue weighted by atomic mass is 16.8. The molecule has 0 aromatic heterocycles. The molecule has 376 valence electrons. The Bertz CT molecular complexity index is 2040. The summed E-state index contributed by atoms with van der Waals surface area (Å²) in [6.45, 7) is 14.7. The number of rotatable bonds is 10. The molecular formula is C51H76O16. The summed E-state index contributed by atoms with van der Waals surface area (Å²) in [5, 5.41) is 87.5. The maximum atomic E-state index is 15.4. The third-order valence-corrected chi connectivity index (χ3v) is 18.9. The Kier molecular flexibility index (Phi) is 13.6. The van der Waals surface area contributed by atoms with Crippen molar-refractivity contribution in [2.75, 3.05) is 20.3 Å². The van der Waals surface area contributed by atoms with Gasteiger partial charge in [0.25, 0.3) is 0 Å². The zero-order valence-corrected chi connectivity index (χ0v) is 40.4. The van der Waals surface area contributed by atoms with E-state index in [9.17, 15) is 45.6 Å². The summed E-state index contributed by atoms with van der Waals surface area (Å²) in [5.41, 5.74) is -0.770. The zero-order valence-electron chi connectivity index (χ0n) is 40.4. The van der Waals surface area contributed by atoms with Gasteiger partial charge < -0.3 is 69.3 Å². The monoisotopic (exact) mass is 945 g/mol. The van der Waals surface area contributed by atoms with Gasteiger partial charge in [0.2, 0.25) is 6.29 Å². The molecule has 7 aliphatic rings. The lowest BCUT2D eigenvalue weighted by Crippen LogP contribution is -2.68. The molecule has 0 amide bonds. The highest BCUT2D eigenvalue weighted by molar-refractivity contribution is 5.80. The van der Waals surface area contributed by atoms with Gasteiger partial charge in [-0.25, -0.2) is 0 Å². The quantitative estimate of drug-likeness (QED) is 0.123. The number of aliphatic hydroxyl groups excluding tert-OH is 7. The number of allylic oxidation sites excluding steroid dienone is 2. The van der Waals surface area contributed by atoms with E-state index >= 15 is 4.79 Å². The number of methoxy groups -OCH3 is 1. The second kappa shape index (κ2) is 18.1. The average Bonchev–Trinajstić information content (AvgIpc) is 3.27. The first-order chi connectivity index (χ1) is 31.4. The first-order valence-corrected chi connectivity index (χ1v) is 24.5. The lowest BCUT2D eigenvalue weighted by Gasteiger charge is -2.71. The van der Waals surface area contributed by atoms with Gasteiger partial charge in [-0.2, -0.15) is 0 Å². The second-order valence-electron chi connectivity index (χ2n) is 23.3. The molecule has 67 heavy (non-hydrogen) atoms. The van der Waals surface area contributed by atoms with E-state index in [4.69, 9.17) is 28.4 Å². The normalized spacial score (nSPS) is 45.5. The van der Waals surface area contributed by atoms with Crippen molar-refractivity contribution >= 4 is 11.9 Å². The summed E-state index contributed by atoms with van der Waals surface area (Å²) >= 11 is 0. The number of esters is 2. The number of phenolic OH excluding ortho intramolecular Hbond substituents is 1. The van der Waals surface area contributed by atoms with Crippen molar-refractivity contribution in [3.63, 3.8) is 0 Å². The molecule has 2 aliphatic heterocycles. The summed E-state index contributed by atoms with van der Waals surface area (Å²) in [6, 6.07) is 4.62. The zero-order chi connectivity index (χ0) is 48.8. The Hall–Kier alpha value is -2.90. The fraction of sp³-hybridized carbons (Fsp3) is 0.804. The van der Waals surface area contributed by atoms with Crippen LogP contribution in [0.1, 0.15) is 118 Å². The van der Waals surface area contributed by atoms with Crippen molar-refractivity contribution in [1.82, 2.24) is 0 Å². The fourth-order valence-electron chi connectivity index (χ4n) is 14.7. The third kappa shape index (κ3) is 8.24. The van der Waals surface area contributed by atoms with E-state index in [-0.39, 0.29) is 58.0 Å². The number of hydrogen-bond donors (Lipinski definition) is 8. The number of ether oxygens (including phenoxy) is 6. The smallest absolute Gasteiger partial charge is 0.317 e. The van der Waals surface area contributed by atoms with Crippen LogP contribution in [0.4, 0.5) is 0 Å². The summed E-state index contributed by atoms with van der Waals surface area (Å²) in [7, 11) is 1.40. The number of aliphatic hydroxyl groups is 7. The van der Waals surface area contributed by atoms with E-state index < -0.39 is 103 Å². The van der Waals surface area contributed by atoms with Gasteiger partial charge in [0.15, 0.2) is 23.9 Å². The number of phenols is 1. The van der Waals surface area contributed by atoms with Crippen molar-refractivity contribution < 1.29 is 78.9 Å². The lowest BCUT2D eigenvalue weighted by atomic mass is 9.33. The maximum absolute atomic E-state index is 15.4. The van der Waals surface area contributed by atoms with E-state index in [1.165, 1.54) is 13.2 Å². The summed E-state index contributed by atoms with van der Waals surface area (Å²) in [4.78, 5) is 29.2. The SMILES string of the molecule is COc1cc(CCC(=O)O[C@H]2[C@H](OC(=O)[C@]34CCC(C)(C)CC3C3=CC[C@@H]5[C@@]6(C)CC[C@H](O)C(C)(C)[C@@H]6CC[C@@]5(C)[C@]3(C)C[C@H]4O)OC[C@H](O)[C@@H]2O[C@@H]2O[C@H](CO)[C@@H](O)[C@H](O)[C@H]2O)ccc1O. The predicted molar refractivity (Wildman–Crippen MR) is 240 cm³/mol. The highest BCUT2D eigenvalue weighted by Gasteiger charge is 2.72. The minimum absolute atomic E-state index is 0.0362. The van der Waals surface area contributed by atoms with Crippen molar-refractivity contribution in [2.24, 2.45) is 50.2 Å².